The topological polar surface area (TPSA) is 216 Å². The third kappa shape index (κ3) is 4.54. The molecule has 152 valence electrons. The molecule has 4 atom stereocenters. The zero-order valence-electron chi connectivity index (χ0n) is 14.2. The predicted octanol–water partition coefficient (Wildman–Crippen LogP) is -1.83. The zero-order chi connectivity index (χ0) is 20.5. The largest absolute Gasteiger partial charge is 0.469 e. The summed E-state index contributed by atoms with van der Waals surface area (Å²) in [7, 11) is -4.72. The second-order valence-electron chi connectivity index (χ2n) is 5.98. The van der Waals surface area contributed by atoms with Crippen molar-refractivity contribution in [3.63, 3.8) is 0 Å². The third-order valence-electron chi connectivity index (χ3n) is 3.97. The Morgan fingerprint density at radius 3 is 3.00 bits per heavy atom. The van der Waals surface area contributed by atoms with Gasteiger partial charge in [0.25, 0.3) is 5.56 Å². The molecule has 0 spiro atoms. The standard InChI is InChI=1S/C13H17N6O8P/c14-2-6(20)3-15-13-17-11-10(12(22)18-13)16-5-19(11)9-1-7(21)8(27-9)4-26-28(23,24)25/h5-9,20-21H,1,3-4H2,(H2,23,24,25)(H2,15,17,18,22)/t6?,7-,8+,9+/m0/s1. The van der Waals surface area contributed by atoms with Crippen LogP contribution in [0.2, 0.25) is 0 Å². The number of aromatic amines is 1. The molecular formula is C13H17N6O8P. The van der Waals surface area contributed by atoms with Crippen LogP contribution >= 0.6 is 7.82 Å². The lowest BCUT2D eigenvalue weighted by Crippen LogP contribution is -2.25. The lowest BCUT2D eigenvalue weighted by atomic mass is 10.2. The number of aliphatic hydroxyl groups excluding tert-OH is 2. The van der Waals surface area contributed by atoms with Gasteiger partial charge in [0.2, 0.25) is 5.95 Å². The number of hydrogen-bond acceptors (Lipinski definition) is 10. The lowest BCUT2D eigenvalue weighted by Gasteiger charge is -2.16. The number of phosphoric acid groups is 1. The van der Waals surface area contributed by atoms with Crippen molar-refractivity contribution in [2.45, 2.75) is 31.0 Å². The number of fused-ring (bicyclic) bond motifs is 1. The first-order valence-electron chi connectivity index (χ1n) is 8.00. The Hall–Kier alpha value is -2.37. The monoisotopic (exact) mass is 416 g/mol. The molecular weight excluding hydrogens is 399 g/mol. The van der Waals surface area contributed by atoms with Gasteiger partial charge in [-0.05, 0) is 0 Å². The van der Waals surface area contributed by atoms with Gasteiger partial charge >= 0.3 is 7.82 Å². The van der Waals surface area contributed by atoms with E-state index >= 15 is 0 Å². The number of rotatable bonds is 7. The Morgan fingerprint density at radius 1 is 1.57 bits per heavy atom. The predicted molar refractivity (Wildman–Crippen MR) is 90.8 cm³/mol. The van der Waals surface area contributed by atoms with E-state index in [1.54, 1.807) is 6.07 Å². The zero-order valence-corrected chi connectivity index (χ0v) is 15.1. The van der Waals surface area contributed by atoms with E-state index in [1.807, 2.05) is 0 Å². The summed E-state index contributed by atoms with van der Waals surface area (Å²) in [6, 6.07) is 1.61. The molecule has 1 aliphatic rings. The van der Waals surface area contributed by atoms with Crippen molar-refractivity contribution in [3.05, 3.63) is 16.7 Å². The van der Waals surface area contributed by atoms with Gasteiger partial charge < -0.3 is 30.1 Å². The quantitative estimate of drug-likeness (QED) is 0.217. The van der Waals surface area contributed by atoms with Crippen molar-refractivity contribution in [3.8, 4) is 6.07 Å². The lowest BCUT2D eigenvalue weighted by molar-refractivity contribution is -0.0424. The summed E-state index contributed by atoms with van der Waals surface area (Å²) in [5, 5.41) is 30.5. The van der Waals surface area contributed by atoms with Crippen LogP contribution in [-0.2, 0) is 13.8 Å². The summed E-state index contributed by atoms with van der Waals surface area (Å²) in [4.78, 5) is 40.2. The molecule has 0 aliphatic carbocycles. The minimum absolute atomic E-state index is 0.000566. The second-order valence-corrected chi connectivity index (χ2v) is 7.22. The second kappa shape index (κ2) is 7.94. The maximum atomic E-state index is 12.1. The molecule has 0 amide bonds. The van der Waals surface area contributed by atoms with Gasteiger partial charge in [-0.15, -0.1) is 0 Å². The number of phosphoric ester groups is 1. The fourth-order valence-corrected chi connectivity index (χ4v) is 3.01. The Morgan fingerprint density at radius 2 is 2.32 bits per heavy atom. The summed E-state index contributed by atoms with van der Waals surface area (Å²) in [6.45, 7) is -0.693. The van der Waals surface area contributed by atoms with Gasteiger partial charge in [-0.3, -0.25) is 18.9 Å². The van der Waals surface area contributed by atoms with Crippen LogP contribution in [0, 0.1) is 11.3 Å². The highest BCUT2D eigenvalue weighted by molar-refractivity contribution is 7.46. The maximum absolute atomic E-state index is 12.1. The number of aromatic nitrogens is 4. The molecule has 1 saturated heterocycles. The van der Waals surface area contributed by atoms with Gasteiger partial charge in [-0.25, -0.2) is 9.55 Å². The number of ether oxygens (including phenoxy) is 1. The minimum atomic E-state index is -4.72. The summed E-state index contributed by atoms with van der Waals surface area (Å²) in [5.74, 6) is -0.00604. The van der Waals surface area contributed by atoms with E-state index < -0.39 is 44.5 Å². The Bertz CT molecular complexity index is 995. The number of nitriles is 1. The number of nitrogens with zero attached hydrogens (tertiary/aromatic N) is 4. The van der Waals surface area contributed by atoms with Crippen LogP contribution in [0.3, 0.4) is 0 Å². The molecule has 0 saturated carbocycles. The van der Waals surface area contributed by atoms with Crippen molar-refractivity contribution in [2.75, 3.05) is 18.5 Å². The molecule has 1 fully saturated rings. The first-order valence-corrected chi connectivity index (χ1v) is 9.53. The van der Waals surface area contributed by atoms with Crippen LogP contribution in [0.1, 0.15) is 12.6 Å². The third-order valence-corrected chi connectivity index (χ3v) is 4.45. The van der Waals surface area contributed by atoms with E-state index in [4.69, 9.17) is 19.8 Å². The Labute approximate surface area is 156 Å². The fourth-order valence-electron chi connectivity index (χ4n) is 2.67. The van der Waals surface area contributed by atoms with Crippen molar-refractivity contribution in [1.29, 1.82) is 5.26 Å². The van der Waals surface area contributed by atoms with Gasteiger partial charge in [0.05, 0.1) is 31.7 Å². The van der Waals surface area contributed by atoms with E-state index in [0.717, 1.165) is 0 Å². The van der Waals surface area contributed by atoms with E-state index in [2.05, 4.69) is 24.8 Å². The van der Waals surface area contributed by atoms with Gasteiger partial charge in [0.1, 0.15) is 12.3 Å². The van der Waals surface area contributed by atoms with Gasteiger partial charge in [0.15, 0.2) is 17.3 Å². The normalized spacial score (nSPS) is 23.6. The fraction of sp³-hybridized carbons (Fsp3) is 0.538. The molecule has 0 aromatic carbocycles. The molecule has 0 bridgehead atoms. The smallest absolute Gasteiger partial charge is 0.390 e. The molecule has 1 aliphatic heterocycles. The van der Waals surface area contributed by atoms with E-state index in [9.17, 15) is 19.6 Å². The van der Waals surface area contributed by atoms with Crippen molar-refractivity contribution in [1.82, 2.24) is 19.5 Å². The molecule has 6 N–H and O–H groups in total. The summed E-state index contributed by atoms with van der Waals surface area (Å²) >= 11 is 0. The van der Waals surface area contributed by atoms with Crippen molar-refractivity contribution in [2.24, 2.45) is 0 Å². The van der Waals surface area contributed by atoms with Crippen LogP contribution in [0.5, 0.6) is 0 Å². The molecule has 28 heavy (non-hydrogen) atoms. The van der Waals surface area contributed by atoms with Crippen molar-refractivity contribution >= 4 is 24.9 Å². The molecule has 3 heterocycles. The highest BCUT2D eigenvalue weighted by Crippen LogP contribution is 2.38. The van der Waals surface area contributed by atoms with E-state index in [0.29, 0.717) is 0 Å². The molecule has 2 aromatic heterocycles. The Kier molecular flexibility index (Phi) is 5.77. The molecule has 1 unspecified atom stereocenters. The van der Waals surface area contributed by atoms with Crippen LogP contribution in [0.25, 0.3) is 11.2 Å². The number of anilines is 1. The number of hydrogen-bond donors (Lipinski definition) is 6. The molecule has 0 radical (unpaired) electrons. The van der Waals surface area contributed by atoms with Gasteiger partial charge in [0, 0.05) is 6.42 Å². The van der Waals surface area contributed by atoms with E-state index in [1.165, 1.54) is 10.9 Å². The number of H-pyrrole nitrogens is 1. The van der Waals surface area contributed by atoms with E-state index in [-0.39, 0.29) is 30.1 Å². The van der Waals surface area contributed by atoms with Crippen LogP contribution in [-0.4, -0.2) is 71.0 Å². The highest BCUT2D eigenvalue weighted by atomic mass is 31.2. The number of nitrogens with one attached hydrogen (secondary N) is 2. The summed E-state index contributed by atoms with van der Waals surface area (Å²) in [5.41, 5.74) is -0.455. The first kappa shape index (κ1) is 20.4. The summed E-state index contributed by atoms with van der Waals surface area (Å²) in [6.07, 6.45) is -2.85. The average molecular weight is 416 g/mol. The molecule has 15 heteroatoms. The Balaban J connectivity index is 1.81. The first-order chi connectivity index (χ1) is 13.2. The molecule has 2 aromatic rings. The molecule has 14 nitrogen and oxygen atoms in total. The van der Waals surface area contributed by atoms with Crippen LogP contribution < -0.4 is 10.9 Å². The summed E-state index contributed by atoms with van der Waals surface area (Å²) < 4.78 is 22.1. The maximum Gasteiger partial charge on any atom is 0.469 e. The van der Waals surface area contributed by atoms with Gasteiger partial charge in [-0.2, -0.15) is 10.2 Å². The van der Waals surface area contributed by atoms with Crippen molar-refractivity contribution < 1.29 is 33.8 Å². The van der Waals surface area contributed by atoms with Gasteiger partial charge in [-0.1, -0.05) is 0 Å². The minimum Gasteiger partial charge on any atom is -0.390 e. The SMILES string of the molecule is N#CC(O)CNc1nc2c(ncn2[C@H]2C[C@H](O)[C@@H](COP(=O)(O)O)O2)c(=O)[nH]1. The number of imidazole rings is 1. The highest BCUT2D eigenvalue weighted by Gasteiger charge is 2.37. The van der Waals surface area contributed by atoms with Crippen LogP contribution in [0.15, 0.2) is 11.1 Å². The van der Waals surface area contributed by atoms with Crippen LogP contribution in [0.4, 0.5) is 5.95 Å². The average Bonchev–Trinajstić information content (AvgIpc) is 3.20. The number of aliphatic hydroxyl groups is 2. The molecule has 3 rings (SSSR count).